The van der Waals surface area contributed by atoms with Gasteiger partial charge in [0.25, 0.3) is 0 Å². The molecular weight excluding hydrogens is 148 g/mol. The van der Waals surface area contributed by atoms with Gasteiger partial charge in [-0.3, -0.25) is 0 Å². The molecule has 2 atom stereocenters. The Balaban J connectivity index is 1.99. The Bertz CT molecular complexity index is 138. The van der Waals surface area contributed by atoms with Gasteiger partial charge in [-0.15, -0.1) is 0 Å². The fourth-order valence-electron chi connectivity index (χ4n) is 2.85. The van der Waals surface area contributed by atoms with Gasteiger partial charge in [0, 0.05) is 6.04 Å². The first-order valence-electron chi connectivity index (χ1n) is 5.36. The number of nitrogens with zero attached hydrogens (tertiary/aromatic N) is 1. The van der Waals surface area contributed by atoms with Gasteiger partial charge < -0.3 is 10.6 Å². The van der Waals surface area contributed by atoms with E-state index in [0.717, 1.165) is 18.5 Å². The summed E-state index contributed by atoms with van der Waals surface area (Å²) in [6.07, 6.45) is 6.99. The lowest BCUT2D eigenvalue weighted by molar-refractivity contribution is 0.0632. The Kier molecular flexibility index (Phi) is 2.66. The summed E-state index contributed by atoms with van der Waals surface area (Å²) in [5, 5.41) is 0. The van der Waals surface area contributed by atoms with E-state index in [9.17, 15) is 0 Å². The molecule has 2 rings (SSSR count). The maximum absolute atomic E-state index is 5.78. The van der Waals surface area contributed by atoms with E-state index in [2.05, 4.69) is 4.90 Å². The molecule has 0 amide bonds. The largest absolute Gasteiger partial charge is 0.330 e. The van der Waals surface area contributed by atoms with E-state index >= 15 is 0 Å². The standard InChI is InChI=1S/C10H20N2/c11-8-9-4-3-7-12-6-2-1-5-10(9)12/h9-10H,1-8,11H2. The molecule has 70 valence electrons. The second-order valence-corrected chi connectivity index (χ2v) is 4.24. The van der Waals surface area contributed by atoms with Gasteiger partial charge in [-0.2, -0.15) is 0 Å². The molecular formula is C10H20N2. The van der Waals surface area contributed by atoms with Gasteiger partial charge in [-0.05, 0) is 51.2 Å². The summed E-state index contributed by atoms with van der Waals surface area (Å²) in [4.78, 5) is 2.67. The number of nitrogens with two attached hydrogens (primary N) is 1. The van der Waals surface area contributed by atoms with E-state index in [1.54, 1.807) is 0 Å². The molecule has 0 aromatic heterocycles. The van der Waals surface area contributed by atoms with Crippen LogP contribution >= 0.6 is 0 Å². The van der Waals surface area contributed by atoms with Crippen molar-refractivity contribution in [2.45, 2.75) is 38.1 Å². The summed E-state index contributed by atoms with van der Waals surface area (Å²) < 4.78 is 0. The Morgan fingerprint density at radius 1 is 1.08 bits per heavy atom. The minimum atomic E-state index is 0.805. The van der Waals surface area contributed by atoms with E-state index in [1.807, 2.05) is 0 Å². The van der Waals surface area contributed by atoms with Crippen LogP contribution in [0.1, 0.15) is 32.1 Å². The molecule has 2 fully saturated rings. The molecule has 2 saturated heterocycles. The molecule has 0 aliphatic carbocycles. The molecule has 0 aromatic carbocycles. The molecule has 2 aliphatic heterocycles. The topological polar surface area (TPSA) is 29.3 Å². The molecule has 0 radical (unpaired) electrons. The fourth-order valence-corrected chi connectivity index (χ4v) is 2.85. The van der Waals surface area contributed by atoms with Crippen LogP contribution in [-0.4, -0.2) is 30.6 Å². The zero-order chi connectivity index (χ0) is 8.39. The predicted molar refractivity (Wildman–Crippen MR) is 51.0 cm³/mol. The van der Waals surface area contributed by atoms with Crippen molar-refractivity contribution in [2.24, 2.45) is 11.7 Å². The van der Waals surface area contributed by atoms with Crippen LogP contribution in [0.15, 0.2) is 0 Å². The predicted octanol–water partition coefficient (Wildman–Crippen LogP) is 1.21. The molecule has 0 aromatic rings. The number of rotatable bonds is 1. The molecule has 0 bridgehead atoms. The Morgan fingerprint density at radius 3 is 2.75 bits per heavy atom. The molecule has 12 heavy (non-hydrogen) atoms. The summed E-state index contributed by atoms with van der Waals surface area (Å²) >= 11 is 0. The highest BCUT2D eigenvalue weighted by Crippen LogP contribution is 2.29. The van der Waals surface area contributed by atoms with Crippen LogP contribution < -0.4 is 5.73 Å². The highest BCUT2D eigenvalue weighted by atomic mass is 15.2. The van der Waals surface area contributed by atoms with Crippen LogP contribution in [-0.2, 0) is 0 Å². The normalized spacial score (nSPS) is 37.8. The Morgan fingerprint density at radius 2 is 1.92 bits per heavy atom. The fraction of sp³-hybridized carbons (Fsp3) is 1.00. The highest BCUT2D eigenvalue weighted by molar-refractivity contribution is 4.87. The van der Waals surface area contributed by atoms with Crippen molar-refractivity contribution < 1.29 is 0 Å². The molecule has 2 nitrogen and oxygen atoms in total. The summed E-state index contributed by atoms with van der Waals surface area (Å²) in [6.45, 7) is 3.57. The average Bonchev–Trinajstić information content (AvgIpc) is 2.17. The first kappa shape index (κ1) is 8.52. The van der Waals surface area contributed by atoms with E-state index in [1.165, 1.54) is 45.2 Å². The lowest BCUT2D eigenvalue weighted by Crippen LogP contribution is -2.49. The maximum Gasteiger partial charge on any atom is 0.0136 e. The van der Waals surface area contributed by atoms with Gasteiger partial charge in [0.15, 0.2) is 0 Å². The molecule has 2 N–H and O–H groups in total. The van der Waals surface area contributed by atoms with Crippen molar-refractivity contribution in [2.75, 3.05) is 19.6 Å². The second kappa shape index (κ2) is 3.75. The van der Waals surface area contributed by atoms with Gasteiger partial charge in [-0.1, -0.05) is 6.42 Å². The van der Waals surface area contributed by atoms with Crippen molar-refractivity contribution in [1.29, 1.82) is 0 Å². The van der Waals surface area contributed by atoms with Gasteiger partial charge in [0.2, 0.25) is 0 Å². The van der Waals surface area contributed by atoms with Crippen LogP contribution in [0.2, 0.25) is 0 Å². The SMILES string of the molecule is NCC1CCCN2CCCCC12. The maximum atomic E-state index is 5.78. The van der Waals surface area contributed by atoms with Gasteiger partial charge in [0.1, 0.15) is 0 Å². The zero-order valence-corrected chi connectivity index (χ0v) is 7.84. The van der Waals surface area contributed by atoms with Crippen molar-refractivity contribution in [3.8, 4) is 0 Å². The third-order valence-corrected chi connectivity index (χ3v) is 3.53. The number of fused-ring (bicyclic) bond motifs is 1. The lowest BCUT2D eigenvalue weighted by Gasteiger charge is -2.44. The molecule has 0 saturated carbocycles. The lowest BCUT2D eigenvalue weighted by atomic mass is 9.84. The minimum absolute atomic E-state index is 0.805. The summed E-state index contributed by atoms with van der Waals surface area (Å²) in [6, 6.07) is 0.845. The van der Waals surface area contributed by atoms with Crippen LogP contribution in [0, 0.1) is 5.92 Å². The van der Waals surface area contributed by atoms with Crippen LogP contribution in [0.5, 0.6) is 0 Å². The van der Waals surface area contributed by atoms with Gasteiger partial charge in [-0.25, -0.2) is 0 Å². The van der Waals surface area contributed by atoms with Crippen molar-refractivity contribution >= 4 is 0 Å². The Labute approximate surface area is 75.1 Å². The average molecular weight is 168 g/mol. The molecule has 2 heteroatoms. The minimum Gasteiger partial charge on any atom is -0.330 e. The van der Waals surface area contributed by atoms with E-state index in [-0.39, 0.29) is 0 Å². The molecule has 2 aliphatic rings. The number of hydrogen-bond acceptors (Lipinski definition) is 2. The zero-order valence-electron chi connectivity index (χ0n) is 7.84. The molecule has 2 heterocycles. The highest BCUT2D eigenvalue weighted by Gasteiger charge is 2.31. The third-order valence-electron chi connectivity index (χ3n) is 3.53. The van der Waals surface area contributed by atoms with Crippen molar-refractivity contribution in [1.82, 2.24) is 4.90 Å². The van der Waals surface area contributed by atoms with Gasteiger partial charge in [0.05, 0.1) is 0 Å². The molecule has 2 unspecified atom stereocenters. The summed E-state index contributed by atoms with van der Waals surface area (Å²) in [7, 11) is 0. The first-order valence-corrected chi connectivity index (χ1v) is 5.36. The second-order valence-electron chi connectivity index (χ2n) is 4.24. The van der Waals surface area contributed by atoms with Crippen LogP contribution in [0.3, 0.4) is 0 Å². The van der Waals surface area contributed by atoms with E-state index in [4.69, 9.17) is 5.73 Å². The smallest absolute Gasteiger partial charge is 0.0136 e. The van der Waals surface area contributed by atoms with Crippen molar-refractivity contribution in [3.05, 3.63) is 0 Å². The van der Waals surface area contributed by atoms with E-state index < -0.39 is 0 Å². The van der Waals surface area contributed by atoms with E-state index in [0.29, 0.717) is 0 Å². The number of hydrogen-bond donors (Lipinski definition) is 1. The van der Waals surface area contributed by atoms with Crippen LogP contribution in [0.25, 0.3) is 0 Å². The first-order chi connectivity index (χ1) is 5.92. The third kappa shape index (κ3) is 1.50. The summed E-state index contributed by atoms with van der Waals surface area (Å²) in [5.74, 6) is 0.805. The van der Waals surface area contributed by atoms with Gasteiger partial charge >= 0.3 is 0 Å². The monoisotopic (exact) mass is 168 g/mol. The quantitative estimate of drug-likeness (QED) is 0.637. The summed E-state index contributed by atoms with van der Waals surface area (Å²) in [5.41, 5.74) is 5.78. The molecule has 0 spiro atoms. The Hall–Kier alpha value is -0.0800. The van der Waals surface area contributed by atoms with Crippen molar-refractivity contribution in [3.63, 3.8) is 0 Å². The van der Waals surface area contributed by atoms with Crippen LogP contribution in [0.4, 0.5) is 0 Å². The number of piperidine rings is 2.